The van der Waals surface area contributed by atoms with Crippen LogP contribution in [0, 0.1) is 6.92 Å². The number of likely N-dealkylation sites (tertiary alicyclic amines) is 1. The molecular weight excluding hydrogens is 639 g/mol. The van der Waals surface area contributed by atoms with E-state index in [1.165, 1.54) is 37.4 Å². The van der Waals surface area contributed by atoms with Crippen molar-refractivity contribution in [1.82, 2.24) is 20.2 Å². The van der Waals surface area contributed by atoms with E-state index in [0.29, 0.717) is 29.8 Å². The Morgan fingerprint density at radius 2 is 1.79 bits per heavy atom. The Labute approximate surface area is 282 Å². The maximum atomic E-state index is 14.7. The number of benzene rings is 2. The van der Waals surface area contributed by atoms with Gasteiger partial charge in [0.05, 0.1) is 29.6 Å². The Bertz CT molecular complexity index is 1760. The summed E-state index contributed by atoms with van der Waals surface area (Å²) in [5.41, 5.74) is -1.33. The molecule has 0 radical (unpaired) electrons. The molecule has 12 heteroatoms. The third-order valence-corrected chi connectivity index (χ3v) is 9.93. The number of aliphatic hydroxyl groups is 1. The molecule has 0 unspecified atom stereocenters. The maximum absolute atomic E-state index is 14.7. The Kier molecular flexibility index (Phi) is 10.3. The zero-order chi connectivity index (χ0) is 34.8. The zero-order valence-corrected chi connectivity index (χ0v) is 28.4. The number of nitrogens with zero attached hydrogens (tertiary/aromatic N) is 4. The lowest BCUT2D eigenvalue weighted by Crippen LogP contribution is -2.55. The fourth-order valence-electron chi connectivity index (χ4n) is 5.94. The van der Waals surface area contributed by atoms with Crippen LogP contribution in [0.4, 0.5) is 18.9 Å². The summed E-state index contributed by atoms with van der Waals surface area (Å²) in [5.74, 6) is -1.20. The number of nitrogens with one attached hydrogen (secondary N) is 1. The minimum absolute atomic E-state index is 0.00307. The summed E-state index contributed by atoms with van der Waals surface area (Å²) in [6.45, 7) is 6.81. The Balaban J connectivity index is 1.44. The molecule has 4 aromatic rings. The van der Waals surface area contributed by atoms with Gasteiger partial charge in [0.2, 0.25) is 0 Å². The molecule has 254 valence electrons. The molecule has 1 saturated heterocycles. The van der Waals surface area contributed by atoms with Gasteiger partial charge in [0, 0.05) is 59.7 Å². The molecule has 2 amide bonds. The molecule has 2 N–H and O–H groups in total. The van der Waals surface area contributed by atoms with Crippen LogP contribution in [0.1, 0.15) is 94.2 Å². The molecule has 48 heavy (non-hydrogen) atoms. The van der Waals surface area contributed by atoms with E-state index in [-0.39, 0.29) is 23.7 Å². The van der Waals surface area contributed by atoms with Crippen molar-refractivity contribution >= 4 is 28.8 Å². The second-order valence-electron chi connectivity index (χ2n) is 13.0. The molecule has 3 heterocycles. The van der Waals surface area contributed by atoms with Gasteiger partial charge in [-0.1, -0.05) is 30.3 Å². The van der Waals surface area contributed by atoms with Gasteiger partial charge < -0.3 is 20.2 Å². The molecule has 2 aromatic heterocycles. The Morgan fingerprint density at radius 1 is 1.08 bits per heavy atom. The third-order valence-electron chi connectivity index (χ3n) is 8.86. The molecule has 1 fully saturated rings. The number of alkyl halides is 3. The van der Waals surface area contributed by atoms with Crippen molar-refractivity contribution in [2.75, 3.05) is 25.0 Å². The van der Waals surface area contributed by atoms with Gasteiger partial charge >= 0.3 is 0 Å². The SMILES string of the molecule is Cc1csc([C@H]2CCCN2C(=O)c2cc(C(=O)N[C@@](C)(c3ccccc3)[C@H](O)CN(C)c3cncc(C(C)(C)F)c3)cc(C(F)F)c2)n1. The number of likely N-dealkylation sites (N-methyl/N-ethyl adjacent to an activating group) is 1. The predicted octanol–water partition coefficient (Wildman–Crippen LogP) is 7.11. The van der Waals surface area contributed by atoms with Crippen LogP contribution in [0.25, 0.3) is 0 Å². The van der Waals surface area contributed by atoms with Gasteiger partial charge in [-0.05, 0) is 70.4 Å². The van der Waals surface area contributed by atoms with Crippen molar-refractivity contribution in [2.45, 2.75) is 70.3 Å². The van der Waals surface area contributed by atoms with Crippen molar-refractivity contribution < 1.29 is 27.9 Å². The number of pyridine rings is 1. The van der Waals surface area contributed by atoms with Gasteiger partial charge in [-0.2, -0.15) is 0 Å². The topological polar surface area (TPSA) is 98.7 Å². The van der Waals surface area contributed by atoms with Crippen molar-refractivity contribution in [2.24, 2.45) is 0 Å². The smallest absolute Gasteiger partial charge is 0.263 e. The van der Waals surface area contributed by atoms with Crippen LogP contribution in [0.15, 0.2) is 72.4 Å². The predicted molar refractivity (Wildman–Crippen MR) is 180 cm³/mol. The number of carbonyl (C=O) groups excluding carboxylic acids is 2. The Morgan fingerprint density at radius 3 is 2.44 bits per heavy atom. The second kappa shape index (κ2) is 14.1. The molecule has 2 aromatic carbocycles. The van der Waals surface area contributed by atoms with Crippen LogP contribution in [-0.4, -0.2) is 58.0 Å². The molecule has 0 aliphatic carbocycles. The molecule has 0 spiro atoms. The fourth-order valence-corrected chi connectivity index (χ4v) is 6.88. The minimum Gasteiger partial charge on any atom is -0.388 e. The molecule has 8 nitrogen and oxygen atoms in total. The lowest BCUT2D eigenvalue weighted by molar-refractivity contribution is 0.0593. The molecule has 1 aliphatic rings. The number of aromatic nitrogens is 2. The summed E-state index contributed by atoms with van der Waals surface area (Å²) in [6, 6.07) is 13.7. The summed E-state index contributed by atoms with van der Waals surface area (Å²) in [7, 11) is 1.71. The quantitative estimate of drug-likeness (QED) is 0.175. The van der Waals surface area contributed by atoms with E-state index in [0.717, 1.165) is 29.3 Å². The van der Waals surface area contributed by atoms with Crippen molar-refractivity contribution in [3.05, 3.63) is 111 Å². The molecule has 3 atom stereocenters. The molecule has 0 saturated carbocycles. The van der Waals surface area contributed by atoms with Crippen LogP contribution >= 0.6 is 11.3 Å². The number of anilines is 1. The van der Waals surface area contributed by atoms with E-state index in [4.69, 9.17) is 0 Å². The van der Waals surface area contributed by atoms with Gasteiger partial charge in [-0.15, -0.1) is 11.3 Å². The fraction of sp³-hybridized carbons (Fsp3) is 0.389. The minimum atomic E-state index is -2.93. The van der Waals surface area contributed by atoms with Crippen molar-refractivity contribution in [3.8, 4) is 0 Å². The second-order valence-corrected chi connectivity index (χ2v) is 13.8. The number of hydrogen-bond acceptors (Lipinski definition) is 7. The number of aryl methyl sites for hydroxylation is 1. The first-order valence-corrected chi connectivity index (χ1v) is 16.6. The number of hydrogen-bond donors (Lipinski definition) is 2. The number of carbonyl (C=O) groups is 2. The van der Waals surface area contributed by atoms with Crippen LogP contribution in [0.5, 0.6) is 0 Å². The third kappa shape index (κ3) is 7.55. The number of rotatable bonds is 11. The van der Waals surface area contributed by atoms with Gasteiger partial charge in [0.1, 0.15) is 10.7 Å². The first-order valence-electron chi connectivity index (χ1n) is 15.7. The van der Waals surface area contributed by atoms with Gasteiger partial charge in [-0.3, -0.25) is 14.6 Å². The maximum Gasteiger partial charge on any atom is 0.263 e. The molecular formula is C36H40F3N5O3S. The molecule has 1 aliphatic heterocycles. The van der Waals surface area contributed by atoms with Crippen LogP contribution in [-0.2, 0) is 11.2 Å². The van der Waals surface area contributed by atoms with Crippen LogP contribution in [0.3, 0.4) is 0 Å². The van der Waals surface area contributed by atoms with Crippen LogP contribution in [0.2, 0.25) is 0 Å². The number of thiazole rings is 1. The molecule has 5 rings (SSSR count). The molecule has 0 bridgehead atoms. The highest BCUT2D eigenvalue weighted by Gasteiger charge is 2.38. The highest BCUT2D eigenvalue weighted by Crippen LogP contribution is 2.36. The van der Waals surface area contributed by atoms with E-state index in [1.54, 1.807) is 66.4 Å². The summed E-state index contributed by atoms with van der Waals surface area (Å²) < 4.78 is 43.0. The van der Waals surface area contributed by atoms with Gasteiger partial charge in [0.25, 0.3) is 18.2 Å². The summed E-state index contributed by atoms with van der Waals surface area (Å²) in [5, 5.41) is 17.3. The summed E-state index contributed by atoms with van der Waals surface area (Å²) >= 11 is 1.45. The highest BCUT2D eigenvalue weighted by molar-refractivity contribution is 7.09. The van der Waals surface area contributed by atoms with Crippen molar-refractivity contribution in [3.63, 3.8) is 0 Å². The average molecular weight is 680 g/mol. The highest BCUT2D eigenvalue weighted by atomic mass is 32.1. The summed E-state index contributed by atoms with van der Waals surface area (Å²) in [4.78, 5) is 39.8. The number of amides is 2. The van der Waals surface area contributed by atoms with Crippen LogP contribution < -0.4 is 10.2 Å². The van der Waals surface area contributed by atoms with E-state index in [2.05, 4.69) is 15.3 Å². The summed E-state index contributed by atoms with van der Waals surface area (Å²) in [6.07, 6.45) is 0.272. The normalized spacial score (nSPS) is 16.9. The van der Waals surface area contributed by atoms with Crippen molar-refractivity contribution in [1.29, 1.82) is 0 Å². The number of halogens is 3. The first kappa shape index (κ1) is 35.0. The first-order chi connectivity index (χ1) is 22.7. The Hall–Kier alpha value is -4.29. The number of aliphatic hydroxyl groups excluding tert-OH is 1. The monoisotopic (exact) mass is 679 g/mol. The van der Waals surface area contributed by atoms with E-state index >= 15 is 0 Å². The standard InChI is InChI=1S/C36H40F3N5O3S/c1-22-21-48-33(41-22)29-12-9-13-44(29)34(47)25-15-23(31(37)38)14-24(16-25)32(46)42-36(4,26-10-7-6-8-11-26)30(45)20-43(5)28-17-27(18-40-19-28)35(2,3)39/h6-8,10-11,14-19,21,29-31,45H,9,12-13,20H2,1-5H3,(H,42,46)/t29-,30-,36+/m1/s1. The van der Waals surface area contributed by atoms with E-state index in [1.807, 2.05) is 12.3 Å². The van der Waals surface area contributed by atoms with E-state index < -0.39 is 41.1 Å². The zero-order valence-electron chi connectivity index (χ0n) is 27.6. The lowest BCUT2D eigenvalue weighted by Gasteiger charge is -2.38. The largest absolute Gasteiger partial charge is 0.388 e. The lowest BCUT2D eigenvalue weighted by atomic mass is 9.85. The van der Waals surface area contributed by atoms with E-state index in [9.17, 15) is 27.9 Å². The average Bonchev–Trinajstić information content (AvgIpc) is 3.73. The van der Waals surface area contributed by atoms with Gasteiger partial charge in [0.15, 0.2) is 0 Å². The van der Waals surface area contributed by atoms with Gasteiger partial charge in [-0.25, -0.2) is 18.2 Å².